The van der Waals surface area contributed by atoms with E-state index in [0.717, 1.165) is 43.3 Å². The molecule has 0 aromatic carbocycles. The highest BCUT2D eigenvalue weighted by Crippen LogP contribution is 2.38. The summed E-state index contributed by atoms with van der Waals surface area (Å²) in [5, 5.41) is 3.14. The molecule has 2 fully saturated rings. The molecule has 1 atom stereocenters. The van der Waals surface area contributed by atoms with Crippen molar-refractivity contribution in [2.45, 2.75) is 44.6 Å². The molecule has 1 saturated carbocycles. The highest BCUT2D eigenvalue weighted by atomic mass is 16.1. The van der Waals surface area contributed by atoms with Gasteiger partial charge >= 0.3 is 0 Å². The Balaban J connectivity index is 1.45. The van der Waals surface area contributed by atoms with E-state index in [1.165, 1.54) is 12.8 Å². The summed E-state index contributed by atoms with van der Waals surface area (Å²) < 4.78 is 0. The Bertz CT molecular complexity index is 760. The number of piperidine rings is 1. The molecule has 25 heavy (non-hydrogen) atoms. The van der Waals surface area contributed by atoms with Gasteiger partial charge < -0.3 is 10.2 Å². The predicted molar refractivity (Wildman–Crippen MR) is 95.7 cm³/mol. The first kappa shape index (κ1) is 16.0. The van der Waals surface area contributed by atoms with E-state index < -0.39 is 0 Å². The number of hydrogen-bond acceptors (Lipinski definition) is 5. The first-order chi connectivity index (χ1) is 12.2. The summed E-state index contributed by atoms with van der Waals surface area (Å²) in [5.41, 5.74) is 1.63. The molecule has 1 unspecified atom stereocenters. The SMILES string of the molecule is Cc1cc(N2CCCC(NC(=O)c3cccnc3)C2)nc(C2CC2)n1. The smallest absolute Gasteiger partial charge is 0.253 e. The molecule has 0 radical (unpaired) electrons. The number of rotatable bonds is 4. The van der Waals surface area contributed by atoms with E-state index >= 15 is 0 Å². The van der Waals surface area contributed by atoms with Crippen LogP contribution in [0, 0.1) is 6.92 Å². The topological polar surface area (TPSA) is 71.0 Å². The van der Waals surface area contributed by atoms with Crippen LogP contribution in [0.4, 0.5) is 5.82 Å². The first-order valence-corrected chi connectivity index (χ1v) is 9.00. The van der Waals surface area contributed by atoms with Gasteiger partial charge in [0.05, 0.1) is 5.56 Å². The molecule has 2 aromatic heterocycles. The second-order valence-electron chi connectivity index (χ2n) is 7.00. The molecule has 1 amide bonds. The molecule has 2 aliphatic rings. The quantitative estimate of drug-likeness (QED) is 0.928. The Morgan fingerprint density at radius 1 is 1.28 bits per heavy atom. The number of pyridine rings is 1. The van der Waals surface area contributed by atoms with Gasteiger partial charge in [0.15, 0.2) is 0 Å². The highest BCUT2D eigenvalue weighted by molar-refractivity contribution is 5.94. The van der Waals surface area contributed by atoms with Crippen molar-refractivity contribution in [2.24, 2.45) is 0 Å². The van der Waals surface area contributed by atoms with Crippen molar-refractivity contribution in [3.05, 3.63) is 47.7 Å². The van der Waals surface area contributed by atoms with Crippen LogP contribution < -0.4 is 10.2 Å². The normalized spacial score (nSPS) is 20.4. The summed E-state index contributed by atoms with van der Waals surface area (Å²) in [4.78, 5) is 28.0. The summed E-state index contributed by atoms with van der Waals surface area (Å²) in [6.07, 6.45) is 7.71. The molecule has 2 aromatic rings. The maximum absolute atomic E-state index is 12.4. The lowest BCUT2D eigenvalue weighted by molar-refractivity contribution is 0.0932. The highest BCUT2D eigenvalue weighted by Gasteiger charge is 2.29. The fourth-order valence-electron chi connectivity index (χ4n) is 3.33. The van der Waals surface area contributed by atoms with Crippen LogP contribution in [0.5, 0.6) is 0 Å². The molecule has 3 heterocycles. The zero-order valence-corrected chi connectivity index (χ0v) is 14.5. The Morgan fingerprint density at radius 3 is 2.92 bits per heavy atom. The lowest BCUT2D eigenvalue weighted by Crippen LogP contribution is -2.48. The van der Waals surface area contributed by atoms with E-state index in [9.17, 15) is 4.79 Å². The summed E-state index contributed by atoms with van der Waals surface area (Å²) in [7, 11) is 0. The zero-order chi connectivity index (χ0) is 17.2. The van der Waals surface area contributed by atoms with Crippen LogP contribution in [0.15, 0.2) is 30.6 Å². The summed E-state index contributed by atoms with van der Waals surface area (Å²) in [6.45, 7) is 3.79. The predicted octanol–water partition coefficient (Wildman–Crippen LogP) is 2.46. The maximum atomic E-state index is 12.4. The molecular formula is C19H23N5O. The third-order valence-electron chi connectivity index (χ3n) is 4.80. The number of aryl methyl sites for hydroxylation is 1. The van der Waals surface area contributed by atoms with Crippen molar-refractivity contribution >= 4 is 11.7 Å². The first-order valence-electron chi connectivity index (χ1n) is 9.00. The Kier molecular flexibility index (Phi) is 4.34. The lowest BCUT2D eigenvalue weighted by Gasteiger charge is -2.34. The van der Waals surface area contributed by atoms with Gasteiger partial charge in [0.1, 0.15) is 11.6 Å². The second-order valence-corrected chi connectivity index (χ2v) is 7.00. The van der Waals surface area contributed by atoms with Gasteiger partial charge in [-0.3, -0.25) is 9.78 Å². The molecule has 1 aliphatic heterocycles. The average molecular weight is 337 g/mol. The fraction of sp³-hybridized carbons (Fsp3) is 0.474. The molecule has 0 bridgehead atoms. The third kappa shape index (κ3) is 3.78. The monoisotopic (exact) mass is 337 g/mol. The van der Waals surface area contributed by atoms with Crippen molar-refractivity contribution in [3.8, 4) is 0 Å². The minimum atomic E-state index is -0.0579. The van der Waals surface area contributed by atoms with E-state index in [1.54, 1.807) is 24.5 Å². The summed E-state index contributed by atoms with van der Waals surface area (Å²) >= 11 is 0. The lowest BCUT2D eigenvalue weighted by atomic mass is 10.1. The van der Waals surface area contributed by atoms with Crippen LogP contribution in [0.2, 0.25) is 0 Å². The van der Waals surface area contributed by atoms with Gasteiger partial charge in [-0.1, -0.05) is 0 Å². The Hall–Kier alpha value is -2.50. The van der Waals surface area contributed by atoms with E-state index in [4.69, 9.17) is 4.98 Å². The molecule has 1 saturated heterocycles. The van der Waals surface area contributed by atoms with Crippen molar-refractivity contribution in [2.75, 3.05) is 18.0 Å². The molecule has 4 rings (SSSR count). The molecule has 6 nitrogen and oxygen atoms in total. The van der Waals surface area contributed by atoms with Crippen molar-refractivity contribution in [1.29, 1.82) is 0 Å². The van der Waals surface area contributed by atoms with Crippen LogP contribution in [0.1, 0.15) is 53.5 Å². The number of carbonyl (C=O) groups is 1. The molecule has 6 heteroatoms. The maximum Gasteiger partial charge on any atom is 0.253 e. The van der Waals surface area contributed by atoms with Crippen molar-refractivity contribution in [1.82, 2.24) is 20.3 Å². The number of nitrogens with one attached hydrogen (secondary N) is 1. The molecule has 130 valence electrons. The number of anilines is 1. The number of carbonyl (C=O) groups excluding carboxylic acids is 1. The van der Waals surface area contributed by atoms with Gasteiger partial charge in [-0.2, -0.15) is 0 Å². The zero-order valence-electron chi connectivity index (χ0n) is 14.5. The van der Waals surface area contributed by atoms with Gasteiger partial charge in [0.2, 0.25) is 0 Å². The van der Waals surface area contributed by atoms with Gasteiger partial charge in [0.25, 0.3) is 5.91 Å². The van der Waals surface area contributed by atoms with E-state index in [1.807, 2.05) is 6.92 Å². The number of aromatic nitrogens is 3. The van der Waals surface area contributed by atoms with Crippen LogP contribution in [0.3, 0.4) is 0 Å². The minimum absolute atomic E-state index is 0.0579. The van der Waals surface area contributed by atoms with Crippen molar-refractivity contribution in [3.63, 3.8) is 0 Å². The van der Waals surface area contributed by atoms with Gasteiger partial charge in [-0.25, -0.2) is 9.97 Å². The molecular weight excluding hydrogens is 314 g/mol. The van der Waals surface area contributed by atoms with Crippen LogP contribution in [-0.2, 0) is 0 Å². The molecule has 1 N–H and O–H groups in total. The minimum Gasteiger partial charge on any atom is -0.354 e. The third-order valence-corrected chi connectivity index (χ3v) is 4.80. The second kappa shape index (κ2) is 6.78. The molecule has 1 aliphatic carbocycles. The molecule has 0 spiro atoms. The number of nitrogens with zero attached hydrogens (tertiary/aromatic N) is 4. The number of hydrogen-bond donors (Lipinski definition) is 1. The van der Waals surface area contributed by atoms with Gasteiger partial charge in [-0.15, -0.1) is 0 Å². The Labute approximate surface area is 147 Å². The van der Waals surface area contributed by atoms with Gasteiger partial charge in [-0.05, 0) is 44.7 Å². The standard InChI is InChI=1S/C19H23N5O/c1-13-10-17(23-18(21-13)14-6-7-14)24-9-3-5-16(12-24)22-19(25)15-4-2-8-20-11-15/h2,4,8,10-11,14,16H,3,5-7,9,12H2,1H3,(H,22,25). The Morgan fingerprint density at radius 2 is 2.16 bits per heavy atom. The van der Waals surface area contributed by atoms with E-state index in [0.29, 0.717) is 11.5 Å². The van der Waals surface area contributed by atoms with Crippen LogP contribution in [-0.4, -0.2) is 40.0 Å². The largest absolute Gasteiger partial charge is 0.354 e. The van der Waals surface area contributed by atoms with Crippen LogP contribution in [0.25, 0.3) is 0 Å². The van der Waals surface area contributed by atoms with E-state index in [-0.39, 0.29) is 11.9 Å². The average Bonchev–Trinajstić information content (AvgIpc) is 3.47. The van der Waals surface area contributed by atoms with Crippen LogP contribution >= 0.6 is 0 Å². The van der Waals surface area contributed by atoms with E-state index in [2.05, 4.69) is 26.3 Å². The van der Waals surface area contributed by atoms with Crippen molar-refractivity contribution < 1.29 is 4.79 Å². The van der Waals surface area contributed by atoms with Gasteiger partial charge in [0, 0.05) is 49.2 Å². The fourth-order valence-corrected chi connectivity index (χ4v) is 3.33. The number of amides is 1. The summed E-state index contributed by atoms with van der Waals surface area (Å²) in [6, 6.07) is 5.75. The summed E-state index contributed by atoms with van der Waals surface area (Å²) in [5.74, 6) is 2.47.